The Labute approximate surface area is 214 Å². The van der Waals surface area contributed by atoms with Crippen molar-refractivity contribution >= 4 is 34.8 Å². The molecule has 0 aliphatic carbocycles. The van der Waals surface area contributed by atoms with Crippen LogP contribution >= 0.6 is 11.3 Å². The minimum atomic E-state index is -0.306. The van der Waals surface area contributed by atoms with E-state index >= 15 is 0 Å². The third-order valence-electron chi connectivity index (χ3n) is 6.67. The number of benzene rings is 1. The Kier molecular flexibility index (Phi) is 7.82. The Balaban J connectivity index is 1.16. The van der Waals surface area contributed by atoms with Gasteiger partial charge in [0, 0.05) is 56.5 Å². The maximum atomic E-state index is 12.9. The van der Waals surface area contributed by atoms with Crippen molar-refractivity contribution in [2.45, 2.75) is 38.1 Å². The van der Waals surface area contributed by atoms with Crippen LogP contribution in [0.25, 0.3) is 0 Å². The molecule has 9 nitrogen and oxygen atoms in total. The van der Waals surface area contributed by atoms with E-state index in [-0.39, 0.29) is 17.9 Å². The van der Waals surface area contributed by atoms with Gasteiger partial charge in [0.15, 0.2) is 0 Å². The normalized spacial score (nSPS) is 17.1. The standard InChI is InChI=1S/C26H30N6O3S/c33-24(29-19-8-14-35-15-9-19)20-4-1-2-5-21(20)31-25(34)22-17-36-23(30-22)16-18-6-12-32(13-7-18)26-27-10-3-11-28-26/h1-5,10-11,17-19H,6-9,12-16H2,(H,29,33)(H,31,34). The van der Waals surface area contributed by atoms with Crippen molar-refractivity contribution in [2.75, 3.05) is 36.5 Å². The number of hydrogen-bond acceptors (Lipinski definition) is 8. The second-order valence-corrected chi connectivity index (χ2v) is 10.1. The van der Waals surface area contributed by atoms with Crippen LogP contribution < -0.4 is 15.5 Å². The minimum Gasteiger partial charge on any atom is -0.381 e. The summed E-state index contributed by atoms with van der Waals surface area (Å²) in [6.07, 6.45) is 8.05. The average Bonchev–Trinajstić information content (AvgIpc) is 3.39. The number of carbonyl (C=O) groups excluding carboxylic acids is 2. The van der Waals surface area contributed by atoms with Gasteiger partial charge in [-0.05, 0) is 49.8 Å². The van der Waals surface area contributed by atoms with Crippen molar-refractivity contribution in [3.63, 3.8) is 0 Å². The molecule has 2 saturated heterocycles. The molecule has 0 spiro atoms. The highest BCUT2D eigenvalue weighted by molar-refractivity contribution is 7.09. The van der Waals surface area contributed by atoms with Crippen LogP contribution in [0.3, 0.4) is 0 Å². The summed E-state index contributed by atoms with van der Waals surface area (Å²) in [5.74, 6) is 0.802. The summed E-state index contributed by atoms with van der Waals surface area (Å²) in [6.45, 7) is 3.13. The second-order valence-electron chi connectivity index (χ2n) is 9.17. The van der Waals surface area contributed by atoms with Crippen LogP contribution in [0.4, 0.5) is 11.6 Å². The molecular formula is C26H30N6O3S. The molecule has 0 unspecified atom stereocenters. The fraction of sp³-hybridized carbons (Fsp3) is 0.423. The molecule has 3 aromatic rings. The first-order valence-electron chi connectivity index (χ1n) is 12.4. The van der Waals surface area contributed by atoms with Gasteiger partial charge in [-0.25, -0.2) is 15.0 Å². The summed E-state index contributed by atoms with van der Waals surface area (Å²) >= 11 is 1.51. The van der Waals surface area contributed by atoms with Gasteiger partial charge >= 0.3 is 0 Å². The van der Waals surface area contributed by atoms with E-state index in [1.54, 1.807) is 42.0 Å². The van der Waals surface area contributed by atoms with Crippen LogP contribution in [-0.2, 0) is 11.2 Å². The predicted octanol–water partition coefficient (Wildman–Crippen LogP) is 3.55. The van der Waals surface area contributed by atoms with E-state index in [9.17, 15) is 9.59 Å². The molecule has 0 radical (unpaired) electrons. The Morgan fingerprint density at radius 1 is 1.00 bits per heavy atom. The number of hydrogen-bond donors (Lipinski definition) is 2. The summed E-state index contributed by atoms with van der Waals surface area (Å²) in [5, 5.41) is 8.69. The molecule has 188 valence electrons. The van der Waals surface area contributed by atoms with Crippen LogP contribution in [0.1, 0.15) is 51.5 Å². The Morgan fingerprint density at radius 3 is 2.53 bits per heavy atom. The third kappa shape index (κ3) is 6.06. The lowest BCUT2D eigenvalue weighted by Crippen LogP contribution is -2.39. The summed E-state index contributed by atoms with van der Waals surface area (Å²) < 4.78 is 5.36. The molecule has 0 saturated carbocycles. The Hall–Kier alpha value is -3.37. The SMILES string of the molecule is O=C(Nc1ccccc1C(=O)NC1CCOCC1)c1csc(CC2CCN(c3ncccn3)CC2)n1. The predicted molar refractivity (Wildman–Crippen MR) is 138 cm³/mol. The molecule has 0 bridgehead atoms. The highest BCUT2D eigenvalue weighted by Crippen LogP contribution is 2.25. The van der Waals surface area contributed by atoms with E-state index in [1.807, 2.05) is 6.07 Å². The summed E-state index contributed by atoms with van der Waals surface area (Å²) in [7, 11) is 0. The van der Waals surface area contributed by atoms with E-state index in [0.29, 0.717) is 36.1 Å². The maximum absolute atomic E-state index is 12.9. The van der Waals surface area contributed by atoms with Crippen molar-refractivity contribution in [3.8, 4) is 0 Å². The van der Waals surface area contributed by atoms with E-state index in [4.69, 9.17) is 4.74 Å². The van der Waals surface area contributed by atoms with Gasteiger partial charge < -0.3 is 20.3 Å². The number of thiazole rings is 1. The summed E-state index contributed by atoms with van der Waals surface area (Å²) in [4.78, 5) is 41.3. The molecule has 2 aliphatic rings. The lowest BCUT2D eigenvalue weighted by atomic mass is 9.94. The number of piperidine rings is 1. The zero-order valence-corrected chi connectivity index (χ0v) is 20.9. The number of ether oxygens (including phenoxy) is 1. The quantitative estimate of drug-likeness (QED) is 0.504. The number of amides is 2. The van der Waals surface area contributed by atoms with Gasteiger partial charge in [-0.15, -0.1) is 11.3 Å². The lowest BCUT2D eigenvalue weighted by Gasteiger charge is -2.31. The van der Waals surface area contributed by atoms with Gasteiger partial charge in [0.25, 0.3) is 11.8 Å². The van der Waals surface area contributed by atoms with Crippen LogP contribution in [0.2, 0.25) is 0 Å². The fourth-order valence-electron chi connectivity index (χ4n) is 4.63. The summed E-state index contributed by atoms with van der Waals surface area (Å²) in [6, 6.07) is 8.99. The highest BCUT2D eigenvalue weighted by Gasteiger charge is 2.23. The first-order chi connectivity index (χ1) is 17.7. The number of aromatic nitrogens is 3. The molecule has 4 heterocycles. The van der Waals surface area contributed by atoms with Gasteiger partial charge in [0.05, 0.1) is 16.3 Å². The van der Waals surface area contributed by atoms with Gasteiger partial charge in [-0.2, -0.15) is 0 Å². The maximum Gasteiger partial charge on any atom is 0.275 e. The van der Waals surface area contributed by atoms with E-state index in [0.717, 1.165) is 56.1 Å². The topological polar surface area (TPSA) is 109 Å². The first-order valence-corrected chi connectivity index (χ1v) is 13.3. The van der Waals surface area contributed by atoms with Crippen molar-refractivity contribution in [3.05, 3.63) is 64.4 Å². The number of para-hydroxylation sites is 1. The molecule has 2 fully saturated rings. The van der Waals surface area contributed by atoms with Gasteiger partial charge in [0.2, 0.25) is 5.95 Å². The van der Waals surface area contributed by atoms with Crippen LogP contribution in [0.15, 0.2) is 48.1 Å². The number of nitrogens with one attached hydrogen (secondary N) is 2. The van der Waals surface area contributed by atoms with Crippen molar-refractivity contribution in [1.82, 2.24) is 20.3 Å². The van der Waals surface area contributed by atoms with Crippen molar-refractivity contribution in [2.24, 2.45) is 5.92 Å². The van der Waals surface area contributed by atoms with Gasteiger partial charge in [-0.1, -0.05) is 12.1 Å². The van der Waals surface area contributed by atoms with E-state index < -0.39 is 0 Å². The average molecular weight is 507 g/mol. The number of carbonyl (C=O) groups is 2. The molecule has 0 atom stereocenters. The van der Waals surface area contributed by atoms with Crippen molar-refractivity contribution in [1.29, 1.82) is 0 Å². The largest absolute Gasteiger partial charge is 0.381 e. The van der Waals surface area contributed by atoms with Gasteiger partial charge in [-0.3, -0.25) is 9.59 Å². The van der Waals surface area contributed by atoms with Crippen molar-refractivity contribution < 1.29 is 14.3 Å². The first kappa shape index (κ1) is 24.3. The van der Waals surface area contributed by atoms with Crippen LogP contribution in [0, 0.1) is 5.92 Å². The Bertz CT molecular complexity index is 1170. The van der Waals surface area contributed by atoms with Crippen LogP contribution in [0.5, 0.6) is 0 Å². The molecule has 2 aliphatic heterocycles. The molecule has 2 aromatic heterocycles. The van der Waals surface area contributed by atoms with E-state index in [2.05, 4.69) is 30.5 Å². The number of nitrogens with zero attached hydrogens (tertiary/aromatic N) is 4. The molecule has 5 rings (SSSR count). The molecule has 2 amide bonds. The highest BCUT2D eigenvalue weighted by atomic mass is 32.1. The third-order valence-corrected chi connectivity index (χ3v) is 7.54. The minimum absolute atomic E-state index is 0.0863. The smallest absolute Gasteiger partial charge is 0.275 e. The molecule has 2 N–H and O–H groups in total. The zero-order valence-electron chi connectivity index (χ0n) is 20.1. The fourth-order valence-corrected chi connectivity index (χ4v) is 5.52. The lowest BCUT2D eigenvalue weighted by molar-refractivity contribution is 0.0697. The monoisotopic (exact) mass is 506 g/mol. The Morgan fingerprint density at radius 2 is 1.75 bits per heavy atom. The zero-order chi connectivity index (χ0) is 24.7. The molecular weight excluding hydrogens is 476 g/mol. The summed E-state index contributed by atoms with van der Waals surface area (Å²) in [5.41, 5.74) is 1.31. The molecule has 1 aromatic carbocycles. The van der Waals surface area contributed by atoms with Gasteiger partial charge in [0.1, 0.15) is 5.69 Å². The van der Waals surface area contributed by atoms with E-state index in [1.165, 1.54) is 11.3 Å². The number of anilines is 2. The molecule has 36 heavy (non-hydrogen) atoms. The van der Waals surface area contributed by atoms with Crippen LogP contribution in [-0.4, -0.2) is 59.1 Å². The molecule has 10 heteroatoms. The number of rotatable bonds is 7. The second kappa shape index (κ2) is 11.6.